The maximum Gasteiger partial charge on any atom is 0.223 e. The molecule has 0 aliphatic heterocycles. The van der Waals surface area contributed by atoms with Crippen molar-refractivity contribution in [2.24, 2.45) is 11.7 Å². The molecule has 0 radical (unpaired) electrons. The molecule has 1 amide bonds. The highest BCUT2D eigenvalue weighted by Crippen LogP contribution is 2.32. The van der Waals surface area contributed by atoms with Crippen molar-refractivity contribution in [1.82, 2.24) is 0 Å². The highest BCUT2D eigenvalue weighted by atomic mass is 16.5. The number of hydrogen-bond donors (Lipinski definition) is 1. The van der Waals surface area contributed by atoms with Gasteiger partial charge in [0.2, 0.25) is 5.91 Å². The van der Waals surface area contributed by atoms with Crippen LogP contribution in [0.25, 0.3) is 0 Å². The van der Waals surface area contributed by atoms with E-state index >= 15 is 0 Å². The molecule has 1 fully saturated rings. The summed E-state index contributed by atoms with van der Waals surface area (Å²) in [7, 11) is 1.59. The van der Waals surface area contributed by atoms with Gasteiger partial charge in [0.25, 0.3) is 0 Å². The van der Waals surface area contributed by atoms with Gasteiger partial charge in [-0.1, -0.05) is 0 Å². The molecule has 1 rings (SSSR count). The molecule has 2 atom stereocenters. The van der Waals surface area contributed by atoms with Gasteiger partial charge in [0.15, 0.2) is 0 Å². The van der Waals surface area contributed by atoms with Gasteiger partial charge < -0.3 is 10.5 Å². The molecule has 0 saturated heterocycles. The normalized spacial score (nSPS) is 34.6. The molecule has 2 N–H and O–H groups in total. The third kappa shape index (κ3) is 0.816. The van der Waals surface area contributed by atoms with Crippen molar-refractivity contribution in [3.63, 3.8) is 0 Å². The van der Waals surface area contributed by atoms with Gasteiger partial charge in [-0.05, 0) is 6.42 Å². The summed E-state index contributed by atoms with van der Waals surface area (Å²) >= 11 is 0. The Bertz CT molecular complexity index is 113. The number of carbonyl (C=O) groups excluding carboxylic acids is 1. The van der Waals surface area contributed by atoms with Crippen LogP contribution in [0.1, 0.15) is 6.42 Å². The smallest absolute Gasteiger partial charge is 0.223 e. The summed E-state index contributed by atoms with van der Waals surface area (Å²) in [5, 5.41) is 0. The van der Waals surface area contributed by atoms with Crippen LogP contribution in [-0.2, 0) is 9.53 Å². The number of ether oxygens (including phenoxy) is 1. The number of amides is 1. The molecule has 46 valence electrons. The molecule has 1 aliphatic carbocycles. The Balaban J connectivity index is 2.26. The van der Waals surface area contributed by atoms with Crippen LogP contribution in [0.4, 0.5) is 0 Å². The molecular formula is C5H9NO2. The van der Waals surface area contributed by atoms with Crippen molar-refractivity contribution in [2.45, 2.75) is 12.5 Å². The third-order valence-corrected chi connectivity index (χ3v) is 1.40. The zero-order chi connectivity index (χ0) is 6.15. The SMILES string of the molecule is COC1CC1C(N)=O. The maximum atomic E-state index is 10.3. The molecule has 0 spiro atoms. The predicted molar refractivity (Wildman–Crippen MR) is 28.1 cm³/mol. The molecule has 1 aliphatic rings. The van der Waals surface area contributed by atoms with E-state index in [0.29, 0.717) is 0 Å². The Morgan fingerprint density at radius 2 is 2.50 bits per heavy atom. The molecular weight excluding hydrogens is 106 g/mol. The first-order valence-electron chi connectivity index (χ1n) is 2.58. The van der Waals surface area contributed by atoms with Crippen LogP contribution < -0.4 is 5.73 Å². The van der Waals surface area contributed by atoms with Crippen molar-refractivity contribution in [1.29, 1.82) is 0 Å². The lowest BCUT2D eigenvalue weighted by molar-refractivity contribution is -0.120. The zero-order valence-corrected chi connectivity index (χ0v) is 4.76. The van der Waals surface area contributed by atoms with Gasteiger partial charge in [0, 0.05) is 7.11 Å². The Morgan fingerprint density at radius 1 is 1.88 bits per heavy atom. The molecule has 0 aromatic rings. The fourth-order valence-electron chi connectivity index (χ4n) is 0.732. The van der Waals surface area contributed by atoms with Crippen LogP contribution in [0.3, 0.4) is 0 Å². The second-order valence-electron chi connectivity index (χ2n) is 2.02. The van der Waals surface area contributed by atoms with E-state index in [1.165, 1.54) is 0 Å². The predicted octanol–water partition coefficient (Wildman–Crippen LogP) is -0.493. The Labute approximate surface area is 47.8 Å². The Kier molecular flexibility index (Phi) is 1.21. The lowest BCUT2D eigenvalue weighted by atomic mass is 10.4. The summed E-state index contributed by atoms with van der Waals surface area (Å²) in [5.74, 6) is -0.239. The number of rotatable bonds is 2. The minimum Gasteiger partial charge on any atom is -0.381 e. The van der Waals surface area contributed by atoms with Crippen molar-refractivity contribution >= 4 is 5.91 Å². The number of nitrogens with two attached hydrogens (primary N) is 1. The minimum atomic E-state index is -0.239. The van der Waals surface area contributed by atoms with Crippen LogP contribution in [0.15, 0.2) is 0 Å². The van der Waals surface area contributed by atoms with Crippen LogP contribution in [0, 0.1) is 5.92 Å². The molecule has 8 heavy (non-hydrogen) atoms. The third-order valence-electron chi connectivity index (χ3n) is 1.40. The summed E-state index contributed by atoms with van der Waals surface area (Å²) in [4.78, 5) is 10.3. The highest BCUT2D eigenvalue weighted by Gasteiger charge is 2.41. The average molecular weight is 115 g/mol. The number of primary amides is 1. The van der Waals surface area contributed by atoms with Gasteiger partial charge in [-0.15, -0.1) is 0 Å². The highest BCUT2D eigenvalue weighted by molar-refractivity contribution is 5.80. The van der Waals surface area contributed by atoms with Gasteiger partial charge in [-0.25, -0.2) is 0 Å². The van der Waals surface area contributed by atoms with Crippen molar-refractivity contribution < 1.29 is 9.53 Å². The first-order chi connectivity index (χ1) is 3.75. The summed E-state index contributed by atoms with van der Waals surface area (Å²) < 4.78 is 4.83. The summed E-state index contributed by atoms with van der Waals surface area (Å²) in [6.45, 7) is 0. The van der Waals surface area contributed by atoms with E-state index in [1.807, 2.05) is 0 Å². The second-order valence-corrected chi connectivity index (χ2v) is 2.02. The molecule has 3 nitrogen and oxygen atoms in total. The summed E-state index contributed by atoms with van der Waals surface area (Å²) in [5.41, 5.74) is 4.94. The van der Waals surface area contributed by atoms with Gasteiger partial charge >= 0.3 is 0 Å². The molecule has 3 heteroatoms. The molecule has 2 unspecified atom stereocenters. The largest absolute Gasteiger partial charge is 0.381 e. The first kappa shape index (κ1) is 5.56. The van der Waals surface area contributed by atoms with Crippen molar-refractivity contribution in [3.05, 3.63) is 0 Å². The number of carbonyl (C=O) groups is 1. The zero-order valence-electron chi connectivity index (χ0n) is 4.76. The Morgan fingerprint density at radius 3 is 2.62 bits per heavy atom. The standard InChI is InChI=1S/C5H9NO2/c1-8-4-2-3(4)5(6)7/h3-4H,2H2,1H3,(H2,6,7). The molecule has 0 bridgehead atoms. The van der Waals surface area contributed by atoms with E-state index < -0.39 is 0 Å². The van der Waals surface area contributed by atoms with Gasteiger partial charge in [-0.2, -0.15) is 0 Å². The fourth-order valence-corrected chi connectivity index (χ4v) is 0.732. The summed E-state index contributed by atoms with van der Waals surface area (Å²) in [6, 6.07) is 0. The molecule has 1 saturated carbocycles. The monoisotopic (exact) mass is 115 g/mol. The molecule has 0 aromatic heterocycles. The van der Waals surface area contributed by atoms with Gasteiger partial charge in [-0.3, -0.25) is 4.79 Å². The second kappa shape index (κ2) is 1.74. The minimum absolute atomic E-state index is 0.000000000000000222. The quantitative estimate of drug-likeness (QED) is 0.527. The lowest BCUT2D eigenvalue weighted by Crippen LogP contribution is -2.15. The maximum absolute atomic E-state index is 10.3. The lowest BCUT2D eigenvalue weighted by Gasteiger charge is -1.88. The van der Waals surface area contributed by atoms with E-state index in [4.69, 9.17) is 10.5 Å². The van der Waals surface area contributed by atoms with E-state index in [0.717, 1.165) is 6.42 Å². The summed E-state index contributed by atoms with van der Waals surface area (Å²) in [6.07, 6.45) is 0.929. The van der Waals surface area contributed by atoms with Crippen molar-refractivity contribution in [3.8, 4) is 0 Å². The van der Waals surface area contributed by atoms with Crippen LogP contribution in [0.5, 0.6) is 0 Å². The molecule has 0 aromatic carbocycles. The van der Waals surface area contributed by atoms with Gasteiger partial charge in [0.1, 0.15) is 0 Å². The molecule has 0 heterocycles. The van der Waals surface area contributed by atoms with E-state index in [1.54, 1.807) is 7.11 Å². The van der Waals surface area contributed by atoms with Crippen LogP contribution in [-0.4, -0.2) is 19.1 Å². The first-order valence-corrected chi connectivity index (χ1v) is 2.58. The Hall–Kier alpha value is -0.570. The van der Waals surface area contributed by atoms with E-state index in [-0.39, 0.29) is 17.9 Å². The van der Waals surface area contributed by atoms with Crippen LogP contribution in [0.2, 0.25) is 0 Å². The topological polar surface area (TPSA) is 52.3 Å². The number of hydrogen-bond acceptors (Lipinski definition) is 2. The fraction of sp³-hybridized carbons (Fsp3) is 0.800. The van der Waals surface area contributed by atoms with E-state index in [2.05, 4.69) is 0 Å². The number of methoxy groups -OCH3 is 1. The van der Waals surface area contributed by atoms with Gasteiger partial charge in [0.05, 0.1) is 12.0 Å². The average Bonchev–Trinajstić information content (AvgIpc) is 2.42. The van der Waals surface area contributed by atoms with Crippen LogP contribution >= 0.6 is 0 Å². The van der Waals surface area contributed by atoms with E-state index in [9.17, 15) is 4.79 Å². The van der Waals surface area contributed by atoms with Crippen molar-refractivity contribution in [2.75, 3.05) is 7.11 Å².